The molecule has 0 unspecified atom stereocenters. The van der Waals surface area contributed by atoms with E-state index in [1.165, 1.54) is 24.2 Å². The molecule has 0 aromatic heterocycles. The van der Waals surface area contributed by atoms with Gasteiger partial charge in [-0.2, -0.15) is 0 Å². The molecule has 3 N–H and O–H groups in total. The van der Waals surface area contributed by atoms with Gasteiger partial charge in [0.25, 0.3) is 5.91 Å². The Morgan fingerprint density at radius 3 is 2.52 bits per heavy atom. The first-order valence-electron chi connectivity index (χ1n) is 10.2. The molecule has 27 heavy (non-hydrogen) atoms. The molecule has 0 bridgehead atoms. The molecule has 0 atom stereocenters. The third-order valence-electron chi connectivity index (χ3n) is 5.97. The number of carbonyl (C=O) groups is 2. The molecule has 1 aliphatic heterocycles. The summed E-state index contributed by atoms with van der Waals surface area (Å²) in [7, 11) is 0. The maximum atomic E-state index is 12.4. The lowest BCUT2D eigenvalue weighted by Gasteiger charge is -2.31. The van der Waals surface area contributed by atoms with Crippen LogP contribution >= 0.6 is 11.6 Å². The summed E-state index contributed by atoms with van der Waals surface area (Å²) in [5, 5.41) is 6.88. The average Bonchev–Trinajstić information content (AvgIpc) is 2.67. The third kappa shape index (κ3) is 5.69. The second kappa shape index (κ2) is 9.56. The van der Waals surface area contributed by atoms with Crippen LogP contribution < -0.4 is 15.5 Å². The lowest BCUT2D eigenvalue weighted by Crippen LogP contribution is -3.14. The molecule has 1 aromatic carbocycles. The van der Waals surface area contributed by atoms with Crippen LogP contribution in [0, 0.1) is 12.8 Å². The molecule has 1 saturated heterocycles. The Hall–Kier alpha value is -1.59. The average molecular weight is 393 g/mol. The number of hydrogen-bond donors (Lipinski definition) is 3. The number of hydrogen-bond acceptors (Lipinski definition) is 2. The van der Waals surface area contributed by atoms with Crippen molar-refractivity contribution in [1.82, 2.24) is 5.32 Å². The monoisotopic (exact) mass is 392 g/mol. The Kier molecular flexibility index (Phi) is 7.13. The normalized spacial score (nSPS) is 23.6. The number of quaternary nitrogens is 1. The highest BCUT2D eigenvalue weighted by Crippen LogP contribution is 2.24. The largest absolute Gasteiger partial charge is 0.353 e. The Bertz CT molecular complexity index is 665. The van der Waals surface area contributed by atoms with Gasteiger partial charge in [0, 0.05) is 35.5 Å². The molecule has 5 nitrogen and oxygen atoms in total. The zero-order valence-corrected chi connectivity index (χ0v) is 16.9. The van der Waals surface area contributed by atoms with E-state index in [4.69, 9.17) is 11.6 Å². The van der Waals surface area contributed by atoms with Gasteiger partial charge in [-0.1, -0.05) is 36.9 Å². The second-order valence-electron chi connectivity index (χ2n) is 8.01. The number of benzene rings is 1. The van der Waals surface area contributed by atoms with Crippen molar-refractivity contribution in [3.8, 4) is 0 Å². The van der Waals surface area contributed by atoms with E-state index in [0.717, 1.165) is 50.0 Å². The van der Waals surface area contributed by atoms with E-state index in [9.17, 15) is 9.59 Å². The number of amides is 2. The second-order valence-corrected chi connectivity index (χ2v) is 8.41. The standard InChI is InChI=1S/C21H30ClN3O2/c1-15-18(22)8-5-9-19(15)24-20(26)14-25-12-10-17(11-13-25)23-21(27)16-6-3-2-4-7-16/h5,8-9,16-17H,2-4,6-7,10-14H2,1H3,(H,23,27)(H,24,26)/p+1. The molecule has 6 heteroatoms. The van der Waals surface area contributed by atoms with Gasteiger partial charge in [-0.05, 0) is 37.5 Å². The lowest BCUT2D eigenvalue weighted by atomic mass is 9.88. The highest BCUT2D eigenvalue weighted by atomic mass is 35.5. The van der Waals surface area contributed by atoms with Crippen LogP contribution in [0.1, 0.15) is 50.5 Å². The highest BCUT2D eigenvalue weighted by molar-refractivity contribution is 6.31. The van der Waals surface area contributed by atoms with Crippen molar-refractivity contribution in [3.05, 3.63) is 28.8 Å². The first-order valence-corrected chi connectivity index (χ1v) is 10.6. The summed E-state index contributed by atoms with van der Waals surface area (Å²) in [6.45, 7) is 4.19. The fourth-order valence-electron chi connectivity index (χ4n) is 4.20. The molecular formula is C21H31ClN3O2+. The van der Waals surface area contributed by atoms with Crippen LogP contribution in [-0.2, 0) is 9.59 Å². The van der Waals surface area contributed by atoms with Gasteiger partial charge in [-0.3, -0.25) is 9.59 Å². The quantitative estimate of drug-likeness (QED) is 0.720. The summed E-state index contributed by atoms with van der Waals surface area (Å²) >= 11 is 6.11. The highest BCUT2D eigenvalue weighted by Gasteiger charge is 2.28. The third-order valence-corrected chi connectivity index (χ3v) is 6.38. The Balaban J connectivity index is 1.40. The molecule has 1 aromatic rings. The Labute approximate surface area is 166 Å². The van der Waals surface area contributed by atoms with E-state index in [2.05, 4.69) is 10.6 Å². The molecule has 2 fully saturated rings. The summed E-state index contributed by atoms with van der Waals surface area (Å²) < 4.78 is 0. The minimum absolute atomic E-state index is 0.0139. The first kappa shape index (κ1) is 20.2. The SMILES string of the molecule is Cc1c(Cl)cccc1NC(=O)C[NH+]1CCC(NC(=O)C2CCCCC2)CC1. The smallest absolute Gasteiger partial charge is 0.279 e. The molecule has 0 radical (unpaired) electrons. The molecule has 148 valence electrons. The van der Waals surface area contributed by atoms with Crippen LogP contribution in [0.15, 0.2) is 18.2 Å². The van der Waals surface area contributed by atoms with E-state index in [1.807, 2.05) is 25.1 Å². The molecule has 1 saturated carbocycles. The number of piperidine rings is 1. The van der Waals surface area contributed by atoms with Crippen molar-refractivity contribution < 1.29 is 14.5 Å². The van der Waals surface area contributed by atoms with Gasteiger partial charge >= 0.3 is 0 Å². The van der Waals surface area contributed by atoms with Gasteiger partial charge in [-0.15, -0.1) is 0 Å². The molecule has 1 aliphatic carbocycles. The van der Waals surface area contributed by atoms with Crippen molar-refractivity contribution in [1.29, 1.82) is 0 Å². The summed E-state index contributed by atoms with van der Waals surface area (Å²) in [5.74, 6) is 0.480. The number of rotatable bonds is 5. The number of carbonyl (C=O) groups excluding carboxylic acids is 2. The zero-order chi connectivity index (χ0) is 19.2. The predicted octanol–water partition coefficient (Wildman–Crippen LogP) is 2.33. The van der Waals surface area contributed by atoms with E-state index in [0.29, 0.717) is 11.6 Å². The predicted molar refractivity (Wildman–Crippen MR) is 108 cm³/mol. The maximum Gasteiger partial charge on any atom is 0.279 e. The van der Waals surface area contributed by atoms with Gasteiger partial charge in [0.1, 0.15) is 0 Å². The first-order chi connectivity index (χ1) is 13.0. The summed E-state index contributed by atoms with van der Waals surface area (Å²) in [5.41, 5.74) is 1.67. The molecule has 0 spiro atoms. The minimum Gasteiger partial charge on any atom is -0.353 e. The summed E-state index contributed by atoms with van der Waals surface area (Å²) in [6.07, 6.45) is 7.60. The van der Waals surface area contributed by atoms with Crippen LogP contribution in [0.5, 0.6) is 0 Å². The van der Waals surface area contributed by atoms with Gasteiger partial charge in [-0.25, -0.2) is 0 Å². The molecule has 3 rings (SSSR count). The topological polar surface area (TPSA) is 62.6 Å². The molecule has 2 aliphatic rings. The minimum atomic E-state index is 0.0139. The summed E-state index contributed by atoms with van der Waals surface area (Å²) in [6, 6.07) is 5.81. The van der Waals surface area contributed by atoms with Crippen molar-refractivity contribution in [2.75, 3.05) is 25.0 Å². The van der Waals surface area contributed by atoms with E-state index >= 15 is 0 Å². The van der Waals surface area contributed by atoms with Crippen molar-refractivity contribution in [2.45, 2.75) is 57.9 Å². The van der Waals surface area contributed by atoms with E-state index < -0.39 is 0 Å². The zero-order valence-electron chi connectivity index (χ0n) is 16.2. The number of nitrogens with one attached hydrogen (secondary N) is 3. The number of halogens is 1. The van der Waals surface area contributed by atoms with Gasteiger partial charge in [0.2, 0.25) is 5.91 Å². The van der Waals surface area contributed by atoms with Gasteiger partial charge < -0.3 is 15.5 Å². The van der Waals surface area contributed by atoms with Crippen LogP contribution in [0.2, 0.25) is 5.02 Å². The molecular weight excluding hydrogens is 362 g/mol. The van der Waals surface area contributed by atoms with E-state index in [-0.39, 0.29) is 23.8 Å². The maximum absolute atomic E-state index is 12.4. The van der Waals surface area contributed by atoms with Crippen LogP contribution in [-0.4, -0.2) is 37.5 Å². The molecule has 1 heterocycles. The lowest BCUT2D eigenvalue weighted by molar-refractivity contribution is -0.897. The number of likely N-dealkylation sites (tertiary alicyclic amines) is 1. The van der Waals surface area contributed by atoms with Gasteiger partial charge in [0.05, 0.1) is 13.1 Å². The fourth-order valence-corrected chi connectivity index (χ4v) is 4.37. The van der Waals surface area contributed by atoms with Crippen LogP contribution in [0.4, 0.5) is 5.69 Å². The molecule has 2 amide bonds. The Morgan fingerprint density at radius 2 is 1.81 bits per heavy atom. The van der Waals surface area contributed by atoms with Crippen LogP contribution in [0.3, 0.4) is 0 Å². The van der Waals surface area contributed by atoms with Crippen LogP contribution in [0.25, 0.3) is 0 Å². The summed E-state index contributed by atoms with van der Waals surface area (Å²) in [4.78, 5) is 26.0. The van der Waals surface area contributed by atoms with Crippen molar-refractivity contribution in [2.24, 2.45) is 5.92 Å². The van der Waals surface area contributed by atoms with E-state index in [1.54, 1.807) is 0 Å². The van der Waals surface area contributed by atoms with Crippen molar-refractivity contribution >= 4 is 29.1 Å². The van der Waals surface area contributed by atoms with Gasteiger partial charge in [0.15, 0.2) is 6.54 Å². The van der Waals surface area contributed by atoms with Crippen molar-refractivity contribution in [3.63, 3.8) is 0 Å². The fraction of sp³-hybridized carbons (Fsp3) is 0.619. The Morgan fingerprint density at radius 1 is 1.11 bits per heavy atom. The number of anilines is 1.